The highest BCUT2D eigenvalue weighted by Crippen LogP contribution is 2.35. The van der Waals surface area contributed by atoms with Gasteiger partial charge in [0.1, 0.15) is 0 Å². The Morgan fingerprint density at radius 2 is 1.70 bits per heavy atom. The molecule has 122 valence electrons. The molecule has 1 aliphatic carbocycles. The number of rotatable bonds is 2. The van der Waals surface area contributed by atoms with E-state index in [1.54, 1.807) is 31.2 Å². The third kappa shape index (κ3) is 3.32. The van der Waals surface area contributed by atoms with E-state index in [0.29, 0.717) is 17.5 Å². The molecule has 1 heterocycles. The number of hydrogen-bond donors (Lipinski definition) is 0. The predicted molar refractivity (Wildman–Crippen MR) is 90.1 cm³/mol. The van der Waals surface area contributed by atoms with Crippen molar-refractivity contribution in [2.75, 3.05) is 32.8 Å². The van der Waals surface area contributed by atoms with E-state index in [1.807, 2.05) is 0 Å². The molecule has 1 fully saturated rings. The molecule has 0 amide bonds. The van der Waals surface area contributed by atoms with Crippen molar-refractivity contribution in [3.63, 3.8) is 0 Å². The fourth-order valence-electron chi connectivity index (χ4n) is 2.91. The number of morpholine rings is 1. The summed E-state index contributed by atoms with van der Waals surface area (Å²) in [4.78, 5) is 27.2. The summed E-state index contributed by atoms with van der Waals surface area (Å²) in [6.45, 7) is 5.85. The smallest absolute Gasteiger partial charge is 0.189 e. The number of carbonyl (C=O) groups excluding carboxylic acids is 2. The van der Waals surface area contributed by atoms with E-state index in [9.17, 15) is 9.59 Å². The molecule has 0 bridgehead atoms. The zero-order valence-corrected chi connectivity index (χ0v) is 13.9. The lowest BCUT2D eigenvalue weighted by Crippen LogP contribution is -2.36. The van der Waals surface area contributed by atoms with Crippen molar-refractivity contribution in [1.82, 2.24) is 4.90 Å². The molecule has 0 atom stereocenters. The normalized spacial score (nSPS) is 19.5. The highest BCUT2D eigenvalue weighted by Gasteiger charge is 2.48. The SMILES string of the molecule is CC1(C#CCCN2CCOCC2)C(=O)c2ccccc2C1=O.Cl. The average Bonchev–Trinajstić information content (AvgIpc) is 2.75. The maximum atomic E-state index is 12.5. The second-order valence-electron chi connectivity index (χ2n) is 5.83. The Balaban J connectivity index is 0.00000192. The minimum Gasteiger partial charge on any atom is -0.379 e. The molecule has 1 saturated heterocycles. The van der Waals surface area contributed by atoms with Gasteiger partial charge in [0, 0.05) is 37.2 Å². The number of nitrogens with zero attached hydrogens (tertiary/aromatic N) is 1. The summed E-state index contributed by atoms with van der Waals surface area (Å²) < 4.78 is 5.30. The molecule has 0 aromatic heterocycles. The highest BCUT2D eigenvalue weighted by atomic mass is 35.5. The predicted octanol–water partition coefficient (Wildman–Crippen LogP) is 2.22. The Bertz CT molecular complexity index is 633. The van der Waals surface area contributed by atoms with E-state index < -0.39 is 5.41 Å². The Morgan fingerprint density at radius 1 is 1.13 bits per heavy atom. The molecule has 0 N–H and O–H groups in total. The quantitative estimate of drug-likeness (QED) is 0.615. The zero-order valence-electron chi connectivity index (χ0n) is 13.1. The monoisotopic (exact) mass is 333 g/mol. The molecule has 1 aliphatic heterocycles. The molecule has 4 nitrogen and oxygen atoms in total. The summed E-state index contributed by atoms with van der Waals surface area (Å²) >= 11 is 0. The van der Waals surface area contributed by atoms with E-state index in [0.717, 1.165) is 32.8 Å². The molecule has 5 heteroatoms. The Morgan fingerprint density at radius 3 is 2.26 bits per heavy atom. The van der Waals surface area contributed by atoms with Crippen LogP contribution in [0.25, 0.3) is 0 Å². The Hall–Kier alpha value is -1.67. The average molecular weight is 334 g/mol. The van der Waals surface area contributed by atoms with Gasteiger partial charge in [-0.05, 0) is 6.92 Å². The van der Waals surface area contributed by atoms with Crippen LogP contribution in [0, 0.1) is 17.3 Å². The van der Waals surface area contributed by atoms with Gasteiger partial charge in [-0.3, -0.25) is 14.5 Å². The van der Waals surface area contributed by atoms with Crippen molar-refractivity contribution in [3.05, 3.63) is 35.4 Å². The molecule has 0 spiro atoms. The lowest BCUT2D eigenvalue weighted by Gasteiger charge is -2.25. The van der Waals surface area contributed by atoms with Crippen LogP contribution in [0.2, 0.25) is 0 Å². The van der Waals surface area contributed by atoms with Gasteiger partial charge >= 0.3 is 0 Å². The summed E-state index contributed by atoms with van der Waals surface area (Å²) in [7, 11) is 0. The third-order valence-corrected chi connectivity index (χ3v) is 4.32. The van der Waals surface area contributed by atoms with Crippen LogP contribution in [-0.4, -0.2) is 49.3 Å². The number of ether oxygens (including phenoxy) is 1. The van der Waals surface area contributed by atoms with E-state index in [1.165, 1.54) is 0 Å². The first-order valence-electron chi connectivity index (χ1n) is 7.62. The number of benzene rings is 1. The highest BCUT2D eigenvalue weighted by molar-refractivity contribution is 6.31. The van der Waals surface area contributed by atoms with Gasteiger partial charge in [-0.25, -0.2) is 0 Å². The molecule has 0 saturated carbocycles. The lowest BCUT2D eigenvalue weighted by atomic mass is 9.85. The molecule has 1 aromatic rings. The molecule has 0 unspecified atom stereocenters. The van der Waals surface area contributed by atoms with Gasteiger partial charge in [-0.2, -0.15) is 0 Å². The van der Waals surface area contributed by atoms with Gasteiger partial charge in [0.2, 0.25) is 0 Å². The van der Waals surface area contributed by atoms with Crippen molar-refractivity contribution in [3.8, 4) is 11.8 Å². The molecule has 3 rings (SSSR count). The summed E-state index contributed by atoms with van der Waals surface area (Å²) in [5.41, 5.74) is -0.218. The third-order valence-electron chi connectivity index (χ3n) is 4.32. The number of fused-ring (bicyclic) bond motifs is 1. The largest absolute Gasteiger partial charge is 0.379 e. The van der Waals surface area contributed by atoms with Gasteiger partial charge in [0.15, 0.2) is 17.0 Å². The fraction of sp³-hybridized carbons (Fsp3) is 0.444. The van der Waals surface area contributed by atoms with Crippen LogP contribution >= 0.6 is 12.4 Å². The number of halogens is 1. The van der Waals surface area contributed by atoms with Crippen LogP contribution in [0.15, 0.2) is 24.3 Å². The van der Waals surface area contributed by atoms with Gasteiger partial charge in [-0.15, -0.1) is 18.3 Å². The maximum Gasteiger partial charge on any atom is 0.189 e. The van der Waals surface area contributed by atoms with Crippen LogP contribution in [0.1, 0.15) is 34.1 Å². The lowest BCUT2D eigenvalue weighted by molar-refractivity contribution is 0.0390. The molecule has 23 heavy (non-hydrogen) atoms. The summed E-state index contributed by atoms with van der Waals surface area (Å²) in [6.07, 6.45) is 0.659. The van der Waals surface area contributed by atoms with Crippen molar-refractivity contribution < 1.29 is 14.3 Å². The summed E-state index contributed by atoms with van der Waals surface area (Å²) in [6, 6.07) is 6.97. The first-order chi connectivity index (χ1) is 10.6. The summed E-state index contributed by atoms with van der Waals surface area (Å²) in [5, 5.41) is 0. The van der Waals surface area contributed by atoms with Crippen LogP contribution < -0.4 is 0 Å². The zero-order chi connectivity index (χ0) is 15.6. The Labute approximate surface area is 142 Å². The standard InChI is InChI=1S/C18H19NO3.ClH/c1-18(8-4-5-9-19-10-12-22-13-11-19)16(20)14-6-2-3-7-15(14)17(18)21;/h2-3,6-7H,5,9-13H2,1H3;1H. The summed E-state index contributed by atoms with van der Waals surface area (Å²) in [5.74, 6) is 5.63. The van der Waals surface area contributed by atoms with Gasteiger partial charge in [0.25, 0.3) is 0 Å². The van der Waals surface area contributed by atoms with E-state index in [-0.39, 0.29) is 24.0 Å². The fourth-order valence-corrected chi connectivity index (χ4v) is 2.91. The van der Waals surface area contributed by atoms with Crippen molar-refractivity contribution in [2.24, 2.45) is 5.41 Å². The molecular weight excluding hydrogens is 314 g/mol. The van der Waals surface area contributed by atoms with Crippen molar-refractivity contribution >= 4 is 24.0 Å². The number of ketones is 2. The molecule has 1 aromatic carbocycles. The van der Waals surface area contributed by atoms with Gasteiger partial charge < -0.3 is 4.74 Å². The van der Waals surface area contributed by atoms with Crippen LogP contribution in [0.3, 0.4) is 0 Å². The molecule has 2 aliphatic rings. The first kappa shape index (κ1) is 17.7. The number of hydrogen-bond acceptors (Lipinski definition) is 4. The second-order valence-corrected chi connectivity index (χ2v) is 5.83. The van der Waals surface area contributed by atoms with E-state index >= 15 is 0 Å². The van der Waals surface area contributed by atoms with Crippen LogP contribution in [0.5, 0.6) is 0 Å². The van der Waals surface area contributed by atoms with Gasteiger partial charge in [-0.1, -0.05) is 30.2 Å². The van der Waals surface area contributed by atoms with Crippen molar-refractivity contribution in [1.29, 1.82) is 0 Å². The molecular formula is C18H20ClNO3. The maximum absolute atomic E-state index is 12.5. The van der Waals surface area contributed by atoms with Crippen LogP contribution in [0.4, 0.5) is 0 Å². The van der Waals surface area contributed by atoms with Gasteiger partial charge in [0.05, 0.1) is 13.2 Å². The molecule has 0 radical (unpaired) electrons. The first-order valence-corrected chi connectivity index (χ1v) is 7.62. The van der Waals surface area contributed by atoms with E-state index in [4.69, 9.17) is 4.74 Å². The van der Waals surface area contributed by atoms with Crippen molar-refractivity contribution in [2.45, 2.75) is 13.3 Å². The topological polar surface area (TPSA) is 46.6 Å². The van der Waals surface area contributed by atoms with Crippen LogP contribution in [-0.2, 0) is 4.74 Å². The minimum atomic E-state index is -1.21. The Kier molecular flexibility index (Phi) is 5.59. The van der Waals surface area contributed by atoms with E-state index in [2.05, 4.69) is 16.7 Å². The minimum absolute atomic E-state index is 0. The number of Topliss-reactive ketones (excluding diaryl/α,β-unsaturated/α-hetero) is 2. The second kappa shape index (κ2) is 7.27. The number of carbonyl (C=O) groups is 2.